The number of halogens is 1. The first-order chi connectivity index (χ1) is 7.95. The van der Waals surface area contributed by atoms with Crippen LogP contribution in [0, 0.1) is 12.8 Å². The van der Waals surface area contributed by atoms with Crippen molar-refractivity contribution in [1.82, 2.24) is 0 Å². The molecule has 0 heterocycles. The van der Waals surface area contributed by atoms with E-state index in [1.807, 2.05) is 19.1 Å². The van der Waals surface area contributed by atoms with Gasteiger partial charge < -0.3 is 9.84 Å². The molecule has 0 aromatic heterocycles. The van der Waals surface area contributed by atoms with E-state index in [0.29, 0.717) is 23.6 Å². The Labute approximate surface area is 106 Å². The first kappa shape index (κ1) is 13.8. The maximum Gasteiger partial charge on any atom is 0.306 e. The first-order valence-electron chi connectivity index (χ1n) is 5.51. The molecule has 3 nitrogen and oxygen atoms in total. The van der Waals surface area contributed by atoms with Gasteiger partial charge in [-0.3, -0.25) is 4.79 Å². The van der Waals surface area contributed by atoms with Crippen molar-refractivity contribution in [2.75, 3.05) is 7.11 Å². The number of hydrogen-bond acceptors (Lipinski definition) is 2. The van der Waals surface area contributed by atoms with Crippen LogP contribution in [0.3, 0.4) is 0 Å². The highest BCUT2D eigenvalue weighted by molar-refractivity contribution is 6.32. The summed E-state index contributed by atoms with van der Waals surface area (Å²) in [6.45, 7) is 3.68. The van der Waals surface area contributed by atoms with Gasteiger partial charge in [0.2, 0.25) is 0 Å². The van der Waals surface area contributed by atoms with Gasteiger partial charge in [-0.15, -0.1) is 0 Å². The summed E-state index contributed by atoms with van der Waals surface area (Å²) < 4.78 is 5.12. The molecule has 1 aromatic carbocycles. The van der Waals surface area contributed by atoms with Crippen LogP contribution in [0.4, 0.5) is 0 Å². The average molecular weight is 257 g/mol. The molecule has 0 amide bonds. The molecule has 1 unspecified atom stereocenters. The second-order valence-corrected chi connectivity index (χ2v) is 4.60. The number of ether oxygens (including phenoxy) is 1. The van der Waals surface area contributed by atoms with Crippen LogP contribution < -0.4 is 4.74 Å². The van der Waals surface area contributed by atoms with E-state index in [4.69, 9.17) is 21.4 Å². The van der Waals surface area contributed by atoms with Crippen molar-refractivity contribution < 1.29 is 14.6 Å². The maximum atomic E-state index is 10.7. The molecule has 17 heavy (non-hydrogen) atoms. The normalized spacial score (nSPS) is 12.2. The van der Waals surface area contributed by atoms with Crippen molar-refractivity contribution in [3.05, 3.63) is 28.3 Å². The number of benzene rings is 1. The largest absolute Gasteiger partial charge is 0.495 e. The lowest BCUT2D eigenvalue weighted by Crippen LogP contribution is -2.10. The van der Waals surface area contributed by atoms with E-state index < -0.39 is 5.97 Å². The third-order valence-electron chi connectivity index (χ3n) is 2.88. The smallest absolute Gasteiger partial charge is 0.306 e. The summed E-state index contributed by atoms with van der Waals surface area (Å²) in [5.41, 5.74) is 2.15. The number of hydrogen-bond donors (Lipinski definition) is 1. The SMILES string of the molecule is COc1cc(C)c(CCC(C)C(=O)O)cc1Cl. The maximum absolute atomic E-state index is 10.7. The lowest BCUT2D eigenvalue weighted by molar-refractivity contribution is -0.141. The molecule has 0 spiro atoms. The number of carboxylic acid groups (broad SMARTS) is 1. The number of carboxylic acids is 1. The molecule has 4 heteroatoms. The molecule has 0 fully saturated rings. The van der Waals surface area contributed by atoms with Crippen LogP contribution >= 0.6 is 11.6 Å². The van der Waals surface area contributed by atoms with Crippen molar-refractivity contribution in [2.45, 2.75) is 26.7 Å². The lowest BCUT2D eigenvalue weighted by Gasteiger charge is -2.11. The van der Waals surface area contributed by atoms with Gasteiger partial charge in [0, 0.05) is 0 Å². The van der Waals surface area contributed by atoms with E-state index in [0.717, 1.165) is 11.1 Å². The second kappa shape index (κ2) is 5.92. The highest BCUT2D eigenvalue weighted by atomic mass is 35.5. The molecule has 0 aliphatic rings. The quantitative estimate of drug-likeness (QED) is 0.879. The van der Waals surface area contributed by atoms with Gasteiger partial charge in [0.1, 0.15) is 5.75 Å². The highest BCUT2D eigenvalue weighted by Gasteiger charge is 2.12. The molecular formula is C13H17ClO3. The van der Waals surface area contributed by atoms with Crippen molar-refractivity contribution in [3.63, 3.8) is 0 Å². The topological polar surface area (TPSA) is 46.5 Å². The fourth-order valence-electron chi connectivity index (χ4n) is 1.62. The molecule has 1 atom stereocenters. The third-order valence-corrected chi connectivity index (χ3v) is 3.17. The summed E-state index contributed by atoms with van der Waals surface area (Å²) >= 11 is 6.04. The molecule has 0 aliphatic heterocycles. The Morgan fingerprint density at radius 2 is 2.18 bits per heavy atom. The summed E-state index contributed by atoms with van der Waals surface area (Å²) in [5, 5.41) is 9.39. The highest BCUT2D eigenvalue weighted by Crippen LogP contribution is 2.28. The van der Waals surface area contributed by atoms with E-state index in [-0.39, 0.29) is 5.92 Å². The Morgan fingerprint density at radius 3 is 2.71 bits per heavy atom. The molecule has 94 valence electrons. The zero-order chi connectivity index (χ0) is 13.0. The number of aliphatic carboxylic acids is 1. The Kier molecular flexibility index (Phi) is 4.82. The van der Waals surface area contributed by atoms with Crippen LogP contribution in [0.1, 0.15) is 24.5 Å². The molecule has 0 radical (unpaired) electrons. The summed E-state index contributed by atoms with van der Waals surface area (Å²) in [6, 6.07) is 3.73. The minimum Gasteiger partial charge on any atom is -0.495 e. The molecule has 1 aromatic rings. The minimum atomic E-state index is -0.762. The third kappa shape index (κ3) is 3.63. The predicted molar refractivity (Wildman–Crippen MR) is 67.9 cm³/mol. The molecule has 0 saturated heterocycles. The fourth-order valence-corrected chi connectivity index (χ4v) is 1.88. The van der Waals surface area contributed by atoms with Gasteiger partial charge in [-0.1, -0.05) is 18.5 Å². The monoisotopic (exact) mass is 256 g/mol. The predicted octanol–water partition coefficient (Wildman–Crippen LogP) is 3.31. The molecular weight excluding hydrogens is 240 g/mol. The van der Waals surface area contributed by atoms with Gasteiger partial charge in [-0.2, -0.15) is 0 Å². The molecule has 1 N–H and O–H groups in total. The van der Waals surface area contributed by atoms with E-state index >= 15 is 0 Å². The zero-order valence-electron chi connectivity index (χ0n) is 10.3. The standard InChI is InChI=1S/C13H17ClO3/c1-8(13(15)16)4-5-10-7-11(14)12(17-3)6-9(10)2/h6-8H,4-5H2,1-3H3,(H,15,16). The Balaban J connectivity index is 2.78. The van der Waals surface area contributed by atoms with Crippen molar-refractivity contribution in [3.8, 4) is 5.75 Å². The van der Waals surface area contributed by atoms with Gasteiger partial charge in [-0.25, -0.2) is 0 Å². The van der Waals surface area contributed by atoms with Crippen LogP contribution in [0.5, 0.6) is 5.75 Å². The number of carbonyl (C=O) groups is 1. The van der Waals surface area contributed by atoms with Crippen molar-refractivity contribution in [2.24, 2.45) is 5.92 Å². The first-order valence-corrected chi connectivity index (χ1v) is 5.89. The Hall–Kier alpha value is -1.22. The van der Waals surface area contributed by atoms with Gasteiger partial charge in [0.15, 0.2) is 0 Å². The van der Waals surface area contributed by atoms with Crippen LogP contribution in [0.15, 0.2) is 12.1 Å². The van der Waals surface area contributed by atoms with E-state index in [1.165, 1.54) is 0 Å². The fraction of sp³-hybridized carbons (Fsp3) is 0.462. The molecule has 0 bridgehead atoms. The summed E-state index contributed by atoms with van der Waals surface area (Å²) in [5.74, 6) is -0.447. The number of aryl methyl sites for hydroxylation is 2. The molecule has 0 saturated carbocycles. The van der Waals surface area contributed by atoms with Crippen LogP contribution in [-0.2, 0) is 11.2 Å². The van der Waals surface area contributed by atoms with E-state index in [1.54, 1.807) is 14.0 Å². The minimum absolute atomic E-state index is 0.338. The van der Waals surface area contributed by atoms with Gasteiger partial charge in [-0.05, 0) is 43.0 Å². The molecule has 1 rings (SSSR count). The average Bonchev–Trinajstić information content (AvgIpc) is 2.29. The second-order valence-electron chi connectivity index (χ2n) is 4.19. The number of methoxy groups -OCH3 is 1. The van der Waals surface area contributed by atoms with E-state index in [2.05, 4.69) is 0 Å². The molecule has 0 aliphatic carbocycles. The van der Waals surface area contributed by atoms with Gasteiger partial charge >= 0.3 is 5.97 Å². The summed E-state index contributed by atoms with van der Waals surface area (Å²) in [4.78, 5) is 10.7. The lowest BCUT2D eigenvalue weighted by atomic mass is 9.98. The van der Waals surface area contributed by atoms with E-state index in [9.17, 15) is 4.79 Å². The van der Waals surface area contributed by atoms with Gasteiger partial charge in [0.25, 0.3) is 0 Å². The Morgan fingerprint density at radius 1 is 1.53 bits per heavy atom. The van der Waals surface area contributed by atoms with Crippen LogP contribution in [-0.4, -0.2) is 18.2 Å². The van der Waals surface area contributed by atoms with Crippen molar-refractivity contribution >= 4 is 17.6 Å². The van der Waals surface area contributed by atoms with Crippen LogP contribution in [0.25, 0.3) is 0 Å². The number of rotatable bonds is 5. The van der Waals surface area contributed by atoms with Crippen molar-refractivity contribution in [1.29, 1.82) is 0 Å². The van der Waals surface area contributed by atoms with Crippen LogP contribution in [0.2, 0.25) is 5.02 Å². The zero-order valence-corrected chi connectivity index (χ0v) is 11.0. The van der Waals surface area contributed by atoms with Gasteiger partial charge in [0.05, 0.1) is 18.1 Å². The summed E-state index contributed by atoms with van der Waals surface area (Å²) in [6.07, 6.45) is 1.32. The Bertz CT molecular complexity index is 415. The summed E-state index contributed by atoms with van der Waals surface area (Å²) in [7, 11) is 1.58.